The van der Waals surface area contributed by atoms with Crippen LogP contribution in [0.5, 0.6) is 0 Å². The fraction of sp³-hybridized carbons (Fsp3) is 0.750. The van der Waals surface area contributed by atoms with Gasteiger partial charge >= 0.3 is 0 Å². The summed E-state index contributed by atoms with van der Waals surface area (Å²) >= 11 is 1.70. The van der Waals surface area contributed by atoms with Gasteiger partial charge in [0.05, 0.1) is 0 Å². The maximum atomic E-state index is 3.01. The number of thioether (sulfide) groups is 1. The Labute approximate surface area is 68.2 Å². The molecule has 0 aliphatic carbocycles. The molecule has 0 saturated carbocycles. The summed E-state index contributed by atoms with van der Waals surface area (Å²) in [5.41, 5.74) is 0. The lowest BCUT2D eigenvalue weighted by atomic mass is 10.4. The quantitative estimate of drug-likeness (QED) is 0.350. The first-order chi connectivity index (χ1) is 4.77. The molecule has 0 atom stereocenters. The molecule has 0 aromatic carbocycles. The van der Waals surface area contributed by atoms with Crippen LogP contribution in [0.25, 0.3) is 0 Å². The van der Waals surface area contributed by atoms with E-state index in [4.69, 9.17) is 0 Å². The van der Waals surface area contributed by atoms with E-state index < -0.39 is 0 Å². The second-order valence-corrected chi connectivity index (χ2v) is 3.21. The van der Waals surface area contributed by atoms with Gasteiger partial charge in [-0.1, -0.05) is 25.1 Å². The fourth-order valence-electron chi connectivity index (χ4n) is 0.391. The molecule has 0 saturated heterocycles. The van der Waals surface area contributed by atoms with Crippen molar-refractivity contribution in [2.45, 2.75) is 19.8 Å². The summed E-state index contributed by atoms with van der Waals surface area (Å²) in [7, 11) is 3.90. The first kappa shape index (κ1) is 9.71. The monoisotopic (exact) mass is 157 g/mol. The van der Waals surface area contributed by atoms with Gasteiger partial charge in [-0.2, -0.15) is 0 Å². The summed E-state index contributed by atoms with van der Waals surface area (Å²) in [6.45, 7) is 2.19. The minimum absolute atomic E-state index is 1.16. The standard InChI is InChI=1S/C8H15NS/c1-4-5-7-10-8-6-9(2)3/h4-5,7H2,1-3H3. The van der Waals surface area contributed by atoms with Gasteiger partial charge in [-0.15, -0.1) is 0 Å². The van der Waals surface area contributed by atoms with E-state index in [0.717, 1.165) is 5.75 Å². The van der Waals surface area contributed by atoms with Crippen molar-refractivity contribution in [1.29, 1.82) is 0 Å². The molecule has 10 heavy (non-hydrogen) atoms. The van der Waals surface area contributed by atoms with E-state index >= 15 is 0 Å². The Kier molecular flexibility index (Phi) is 6.63. The third-order valence-electron chi connectivity index (χ3n) is 0.941. The van der Waals surface area contributed by atoms with Crippen molar-refractivity contribution in [2.24, 2.45) is 0 Å². The van der Waals surface area contributed by atoms with Gasteiger partial charge in [0.15, 0.2) is 0 Å². The van der Waals surface area contributed by atoms with Gasteiger partial charge in [-0.05, 0) is 11.7 Å². The average molecular weight is 157 g/mol. The molecule has 0 aliphatic heterocycles. The molecule has 0 radical (unpaired) electrons. The van der Waals surface area contributed by atoms with Crippen LogP contribution in [0, 0.1) is 11.3 Å². The molecule has 0 fully saturated rings. The molecule has 0 amide bonds. The maximum absolute atomic E-state index is 3.01. The van der Waals surface area contributed by atoms with Crippen molar-refractivity contribution in [3.63, 3.8) is 0 Å². The molecule has 0 N–H and O–H groups in total. The molecule has 2 heteroatoms. The molecule has 0 aliphatic rings. The highest BCUT2D eigenvalue weighted by molar-refractivity contribution is 8.03. The molecule has 58 valence electrons. The third kappa shape index (κ3) is 7.71. The third-order valence-corrected chi connectivity index (χ3v) is 1.67. The second-order valence-electron chi connectivity index (χ2n) is 2.31. The average Bonchev–Trinajstić information content (AvgIpc) is 1.87. The van der Waals surface area contributed by atoms with Crippen molar-refractivity contribution in [1.82, 2.24) is 4.90 Å². The predicted molar refractivity (Wildman–Crippen MR) is 48.8 cm³/mol. The summed E-state index contributed by atoms with van der Waals surface area (Å²) in [6, 6.07) is 2.95. The van der Waals surface area contributed by atoms with Gasteiger partial charge in [0.2, 0.25) is 0 Å². The molecule has 1 nitrogen and oxygen atoms in total. The van der Waals surface area contributed by atoms with Crippen molar-refractivity contribution in [3.8, 4) is 11.3 Å². The van der Waals surface area contributed by atoms with E-state index in [1.807, 2.05) is 19.0 Å². The molecule has 0 aromatic rings. The first-order valence-electron chi connectivity index (χ1n) is 3.57. The zero-order valence-corrected chi connectivity index (χ0v) is 7.79. The molecule has 0 spiro atoms. The van der Waals surface area contributed by atoms with Crippen molar-refractivity contribution >= 4 is 11.8 Å². The van der Waals surface area contributed by atoms with Crippen LogP contribution in [0.15, 0.2) is 0 Å². The fourth-order valence-corrected chi connectivity index (χ4v) is 1.17. The Morgan fingerprint density at radius 2 is 2.10 bits per heavy atom. The summed E-state index contributed by atoms with van der Waals surface area (Å²) in [5, 5.41) is 3.01. The normalized spacial score (nSPS) is 8.30. The summed E-state index contributed by atoms with van der Waals surface area (Å²) in [6.07, 6.45) is 2.53. The largest absolute Gasteiger partial charge is 0.338 e. The zero-order valence-electron chi connectivity index (χ0n) is 6.98. The van der Waals surface area contributed by atoms with Gasteiger partial charge in [0.25, 0.3) is 0 Å². The minimum atomic E-state index is 1.16. The van der Waals surface area contributed by atoms with Crippen molar-refractivity contribution < 1.29 is 0 Å². The molecule has 0 aromatic heterocycles. The SMILES string of the molecule is CCCCSC#CN(C)C. The summed E-state index contributed by atoms with van der Waals surface area (Å²) < 4.78 is 0. The van der Waals surface area contributed by atoms with Crippen LogP contribution >= 0.6 is 11.8 Å². The predicted octanol–water partition coefficient (Wildman–Crippen LogP) is 2.00. The van der Waals surface area contributed by atoms with Crippen molar-refractivity contribution in [3.05, 3.63) is 0 Å². The lowest BCUT2D eigenvalue weighted by Gasteiger charge is -1.96. The maximum Gasteiger partial charge on any atom is 0.0188 e. The van der Waals surface area contributed by atoms with Gasteiger partial charge in [0, 0.05) is 25.9 Å². The highest BCUT2D eigenvalue weighted by Gasteiger charge is 1.80. The van der Waals surface area contributed by atoms with Crippen LogP contribution < -0.4 is 0 Å². The van der Waals surface area contributed by atoms with Crippen LogP contribution in [0.2, 0.25) is 0 Å². The Bertz CT molecular complexity index is 121. The van der Waals surface area contributed by atoms with E-state index in [0.29, 0.717) is 0 Å². The lowest BCUT2D eigenvalue weighted by molar-refractivity contribution is 0.598. The Morgan fingerprint density at radius 3 is 2.60 bits per heavy atom. The van der Waals surface area contributed by atoms with Crippen LogP contribution in [-0.4, -0.2) is 24.7 Å². The van der Waals surface area contributed by atoms with Gasteiger partial charge in [0.1, 0.15) is 0 Å². The molecule has 0 bridgehead atoms. The summed E-state index contributed by atoms with van der Waals surface area (Å²) in [5.74, 6) is 1.16. The number of hydrogen-bond donors (Lipinski definition) is 0. The minimum Gasteiger partial charge on any atom is -0.338 e. The van der Waals surface area contributed by atoms with Gasteiger partial charge in [-0.25, -0.2) is 0 Å². The van der Waals surface area contributed by atoms with E-state index in [1.54, 1.807) is 11.8 Å². The van der Waals surface area contributed by atoms with E-state index in [-0.39, 0.29) is 0 Å². The number of rotatable bonds is 3. The van der Waals surface area contributed by atoms with E-state index in [1.165, 1.54) is 12.8 Å². The van der Waals surface area contributed by atoms with Crippen LogP contribution in [0.3, 0.4) is 0 Å². The summed E-state index contributed by atoms with van der Waals surface area (Å²) in [4.78, 5) is 1.87. The Morgan fingerprint density at radius 1 is 1.40 bits per heavy atom. The smallest absolute Gasteiger partial charge is 0.0188 e. The number of unbranched alkanes of at least 4 members (excludes halogenated alkanes) is 1. The van der Waals surface area contributed by atoms with Crippen LogP contribution in [0.1, 0.15) is 19.8 Å². The molecular formula is C8H15NS. The lowest BCUT2D eigenvalue weighted by Crippen LogP contribution is -2.00. The highest BCUT2D eigenvalue weighted by Crippen LogP contribution is 2.00. The number of hydrogen-bond acceptors (Lipinski definition) is 2. The molecule has 0 rings (SSSR count). The van der Waals surface area contributed by atoms with E-state index in [2.05, 4.69) is 18.2 Å². The number of nitrogens with zero attached hydrogens (tertiary/aromatic N) is 1. The zero-order chi connectivity index (χ0) is 7.82. The second kappa shape index (κ2) is 6.82. The molecule has 0 unspecified atom stereocenters. The Balaban J connectivity index is 3.12. The molecular weight excluding hydrogens is 142 g/mol. The Hall–Kier alpha value is -0.290. The topological polar surface area (TPSA) is 3.24 Å². The highest BCUT2D eigenvalue weighted by atomic mass is 32.2. The van der Waals surface area contributed by atoms with Gasteiger partial charge in [-0.3, -0.25) is 0 Å². The van der Waals surface area contributed by atoms with Crippen LogP contribution in [0.4, 0.5) is 0 Å². The van der Waals surface area contributed by atoms with Gasteiger partial charge < -0.3 is 4.90 Å². The van der Waals surface area contributed by atoms with Crippen molar-refractivity contribution in [2.75, 3.05) is 19.8 Å². The first-order valence-corrected chi connectivity index (χ1v) is 4.55. The molecule has 0 heterocycles. The van der Waals surface area contributed by atoms with Crippen LogP contribution in [-0.2, 0) is 0 Å². The van der Waals surface area contributed by atoms with E-state index in [9.17, 15) is 0 Å².